The fourth-order valence-corrected chi connectivity index (χ4v) is 3.02. The van der Waals surface area contributed by atoms with E-state index in [-0.39, 0.29) is 12.5 Å². The van der Waals surface area contributed by atoms with Crippen LogP contribution in [-0.4, -0.2) is 49.6 Å². The van der Waals surface area contributed by atoms with Gasteiger partial charge in [0.05, 0.1) is 5.69 Å². The van der Waals surface area contributed by atoms with E-state index in [0.717, 1.165) is 49.0 Å². The van der Waals surface area contributed by atoms with E-state index in [1.165, 1.54) is 0 Å². The molecule has 7 heteroatoms. The summed E-state index contributed by atoms with van der Waals surface area (Å²) in [7, 11) is 0. The number of aromatic nitrogens is 1. The first kappa shape index (κ1) is 19.7. The molecule has 1 aromatic carbocycles. The van der Waals surface area contributed by atoms with E-state index in [1.807, 2.05) is 49.4 Å². The van der Waals surface area contributed by atoms with E-state index in [2.05, 4.69) is 20.6 Å². The van der Waals surface area contributed by atoms with Crippen LogP contribution in [0.5, 0.6) is 5.75 Å². The molecule has 28 heavy (non-hydrogen) atoms. The van der Waals surface area contributed by atoms with Crippen molar-refractivity contribution in [2.24, 2.45) is 4.99 Å². The number of pyridine rings is 1. The van der Waals surface area contributed by atoms with Crippen molar-refractivity contribution < 1.29 is 9.53 Å². The molecule has 0 saturated heterocycles. The van der Waals surface area contributed by atoms with Gasteiger partial charge in [-0.15, -0.1) is 0 Å². The van der Waals surface area contributed by atoms with Gasteiger partial charge in [0.1, 0.15) is 5.75 Å². The molecule has 2 N–H and O–H groups in total. The van der Waals surface area contributed by atoms with Crippen LogP contribution in [0.3, 0.4) is 0 Å². The predicted molar refractivity (Wildman–Crippen MR) is 111 cm³/mol. The van der Waals surface area contributed by atoms with Crippen molar-refractivity contribution in [3.05, 3.63) is 54.4 Å². The number of hydrogen-bond acceptors (Lipinski definition) is 4. The van der Waals surface area contributed by atoms with Crippen molar-refractivity contribution in [2.45, 2.75) is 19.8 Å². The number of nitrogens with zero attached hydrogens (tertiary/aromatic N) is 3. The lowest BCUT2D eigenvalue weighted by Gasteiger charge is -2.29. The molecule has 7 nitrogen and oxygen atoms in total. The Morgan fingerprint density at radius 3 is 2.89 bits per heavy atom. The van der Waals surface area contributed by atoms with Crippen LogP contribution >= 0.6 is 0 Å². The third-order valence-electron chi connectivity index (χ3n) is 4.36. The van der Waals surface area contributed by atoms with Crippen LogP contribution in [0.15, 0.2) is 53.7 Å². The van der Waals surface area contributed by atoms with Gasteiger partial charge < -0.3 is 20.3 Å². The highest BCUT2D eigenvalue weighted by atomic mass is 16.5. The zero-order valence-corrected chi connectivity index (χ0v) is 16.2. The summed E-state index contributed by atoms with van der Waals surface area (Å²) < 4.78 is 5.48. The monoisotopic (exact) mass is 381 g/mol. The highest BCUT2D eigenvalue weighted by molar-refractivity contribution is 5.97. The first-order valence-electron chi connectivity index (χ1n) is 9.72. The van der Waals surface area contributed by atoms with E-state index >= 15 is 0 Å². The Hall–Kier alpha value is -3.09. The number of fused-ring (bicyclic) bond motifs is 1. The Morgan fingerprint density at radius 1 is 1.21 bits per heavy atom. The number of hydrogen-bond donors (Lipinski definition) is 2. The highest BCUT2D eigenvalue weighted by Gasteiger charge is 2.24. The standard InChI is InChI=1S/C21H27N5O2/c1-2-22-21(25-14-11-17-8-5-6-12-23-17)24-13-7-15-26-18-9-3-4-10-19(18)28-16-20(26)27/h3-6,8-10,12H,2,7,11,13-16H2,1H3,(H2,22,24,25). The second-order valence-electron chi connectivity index (χ2n) is 6.41. The molecule has 1 aliphatic heterocycles. The molecular formula is C21H27N5O2. The van der Waals surface area contributed by atoms with Crippen molar-refractivity contribution in [1.82, 2.24) is 15.6 Å². The summed E-state index contributed by atoms with van der Waals surface area (Å²) >= 11 is 0. The third-order valence-corrected chi connectivity index (χ3v) is 4.36. The zero-order valence-electron chi connectivity index (χ0n) is 16.2. The van der Waals surface area contributed by atoms with Crippen LogP contribution in [-0.2, 0) is 11.2 Å². The van der Waals surface area contributed by atoms with Gasteiger partial charge in [0.25, 0.3) is 5.91 Å². The molecule has 1 amide bonds. The van der Waals surface area contributed by atoms with Crippen LogP contribution < -0.4 is 20.3 Å². The molecule has 0 aliphatic carbocycles. The van der Waals surface area contributed by atoms with Gasteiger partial charge in [-0.3, -0.25) is 14.8 Å². The Labute approximate surface area is 165 Å². The maximum Gasteiger partial charge on any atom is 0.265 e. The van der Waals surface area contributed by atoms with Gasteiger partial charge in [-0.2, -0.15) is 0 Å². The number of rotatable bonds is 8. The number of nitrogens with one attached hydrogen (secondary N) is 2. The van der Waals surface area contributed by atoms with Crippen molar-refractivity contribution in [3.63, 3.8) is 0 Å². The molecule has 1 aromatic heterocycles. The number of para-hydroxylation sites is 2. The van der Waals surface area contributed by atoms with E-state index in [9.17, 15) is 4.79 Å². The number of amides is 1. The van der Waals surface area contributed by atoms with Crippen LogP contribution in [0, 0.1) is 0 Å². The SMILES string of the molecule is CCNC(=NCCCN1C(=O)COc2ccccc21)NCCc1ccccn1. The molecule has 0 saturated carbocycles. The maximum absolute atomic E-state index is 12.2. The number of aliphatic imine (C=N–C) groups is 1. The molecular weight excluding hydrogens is 354 g/mol. The fraction of sp³-hybridized carbons (Fsp3) is 0.381. The van der Waals surface area contributed by atoms with Crippen LogP contribution in [0.25, 0.3) is 0 Å². The Morgan fingerprint density at radius 2 is 2.07 bits per heavy atom. The molecule has 0 fully saturated rings. The third kappa shape index (κ3) is 5.45. The second kappa shape index (κ2) is 10.3. The van der Waals surface area contributed by atoms with Crippen molar-refractivity contribution in [3.8, 4) is 5.75 Å². The van der Waals surface area contributed by atoms with Crippen molar-refractivity contribution >= 4 is 17.6 Å². The molecule has 148 valence electrons. The van der Waals surface area contributed by atoms with Crippen LogP contribution in [0.4, 0.5) is 5.69 Å². The predicted octanol–water partition coefficient (Wildman–Crippen LogP) is 1.99. The first-order valence-corrected chi connectivity index (χ1v) is 9.72. The minimum absolute atomic E-state index is 0.0110. The van der Waals surface area contributed by atoms with E-state index in [1.54, 1.807) is 11.1 Å². The first-order chi connectivity index (χ1) is 13.8. The van der Waals surface area contributed by atoms with E-state index in [4.69, 9.17) is 4.74 Å². The lowest BCUT2D eigenvalue weighted by Crippen LogP contribution is -2.40. The number of guanidine groups is 1. The maximum atomic E-state index is 12.2. The smallest absolute Gasteiger partial charge is 0.265 e. The van der Waals surface area contributed by atoms with E-state index in [0.29, 0.717) is 13.1 Å². The van der Waals surface area contributed by atoms with Gasteiger partial charge in [-0.1, -0.05) is 18.2 Å². The van der Waals surface area contributed by atoms with Crippen LogP contribution in [0.1, 0.15) is 19.0 Å². The quantitative estimate of drug-likeness (QED) is 0.415. The molecule has 0 unspecified atom stereocenters. The number of carbonyl (C=O) groups is 1. The fourth-order valence-electron chi connectivity index (χ4n) is 3.02. The summed E-state index contributed by atoms with van der Waals surface area (Å²) in [5.74, 6) is 1.53. The highest BCUT2D eigenvalue weighted by Crippen LogP contribution is 2.31. The molecule has 0 spiro atoms. The number of benzene rings is 1. The minimum atomic E-state index is -0.0110. The van der Waals surface area contributed by atoms with Gasteiger partial charge in [0.2, 0.25) is 0 Å². The second-order valence-corrected chi connectivity index (χ2v) is 6.41. The van der Waals surface area contributed by atoms with Crippen molar-refractivity contribution in [1.29, 1.82) is 0 Å². The molecule has 2 aromatic rings. The van der Waals surface area contributed by atoms with Crippen LogP contribution in [0.2, 0.25) is 0 Å². The topological polar surface area (TPSA) is 78.9 Å². The van der Waals surface area contributed by atoms with Gasteiger partial charge >= 0.3 is 0 Å². The average Bonchev–Trinajstić information content (AvgIpc) is 2.73. The number of carbonyl (C=O) groups excluding carboxylic acids is 1. The summed E-state index contributed by atoms with van der Waals surface area (Å²) in [5.41, 5.74) is 1.89. The molecule has 0 atom stereocenters. The molecule has 3 rings (SSSR count). The van der Waals surface area contributed by atoms with E-state index < -0.39 is 0 Å². The normalized spacial score (nSPS) is 13.7. The lowest BCUT2D eigenvalue weighted by molar-refractivity contribution is -0.121. The summed E-state index contributed by atoms with van der Waals surface area (Å²) in [4.78, 5) is 22.9. The van der Waals surface area contributed by atoms with Gasteiger partial charge in [-0.25, -0.2) is 0 Å². The summed E-state index contributed by atoms with van der Waals surface area (Å²) in [6.07, 6.45) is 3.42. The largest absolute Gasteiger partial charge is 0.482 e. The number of anilines is 1. The Kier molecular flexibility index (Phi) is 7.23. The van der Waals surface area contributed by atoms with Gasteiger partial charge in [0, 0.05) is 44.5 Å². The summed E-state index contributed by atoms with van der Waals surface area (Å²) in [6, 6.07) is 13.6. The molecule has 0 bridgehead atoms. The van der Waals surface area contributed by atoms with Crippen molar-refractivity contribution in [2.75, 3.05) is 37.7 Å². The number of ether oxygens (including phenoxy) is 1. The Bertz CT molecular complexity index is 794. The summed E-state index contributed by atoms with van der Waals surface area (Å²) in [6.45, 7) is 4.95. The zero-order chi connectivity index (χ0) is 19.6. The molecule has 2 heterocycles. The molecule has 0 radical (unpaired) electrons. The minimum Gasteiger partial charge on any atom is -0.482 e. The summed E-state index contributed by atoms with van der Waals surface area (Å²) in [5, 5.41) is 6.58. The van der Waals surface area contributed by atoms with Gasteiger partial charge in [-0.05, 0) is 37.6 Å². The average molecular weight is 381 g/mol. The Balaban J connectivity index is 1.48. The van der Waals surface area contributed by atoms with Gasteiger partial charge in [0.15, 0.2) is 12.6 Å². The molecule has 1 aliphatic rings. The lowest BCUT2D eigenvalue weighted by atomic mass is 10.2.